The van der Waals surface area contributed by atoms with Crippen molar-refractivity contribution in [2.75, 3.05) is 13.1 Å². The molecule has 1 unspecified atom stereocenters. The summed E-state index contributed by atoms with van der Waals surface area (Å²) in [6.07, 6.45) is 2.24. The van der Waals surface area contributed by atoms with Crippen LogP contribution < -0.4 is 0 Å². The van der Waals surface area contributed by atoms with Crippen molar-refractivity contribution in [1.82, 2.24) is 9.29 Å². The average Bonchev–Trinajstić information content (AvgIpc) is 2.93. The Morgan fingerprint density at radius 2 is 2.20 bits per heavy atom. The molecule has 0 bridgehead atoms. The van der Waals surface area contributed by atoms with E-state index in [9.17, 15) is 13.5 Å². The topological polar surface area (TPSA) is 73.4 Å². The molecule has 1 aromatic heterocycles. The van der Waals surface area contributed by atoms with Gasteiger partial charge in [0, 0.05) is 34.7 Å². The molecule has 1 saturated heterocycles. The lowest BCUT2D eigenvalue weighted by Crippen LogP contribution is -2.33. The van der Waals surface area contributed by atoms with E-state index in [2.05, 4.69) is 20.9 Å². The monoisotopic (exact) mass is 358 g/mol. The van der Waals surface area contributed by atoms with Crippen LogP contribution in [-0.2, 0) is 10.0 Å². The SMILES string of the molecule is CC1(O)CCN(S(=O)(=O)c2ccc3c(Br)c[nH]c3c2)C1. The molecule has 20 heavy (non-hydrogen) atoms. The fourth-order valence-corrected chi connectivity index (χ4v) is 4.53. The predicted octanol–water partition coefficient (Wildman–Crippen LogP) is 2.08. The number of benzene rings is 1. The van der Waals surface area contributed by atoms with Crippen LogP contribution in [0.25, 0.3) is 10.9 Å². The van der Waals surface area contributed by atoms with E-state index in [-0.39, 0.29) is 11.4 Å². The molecule has 2 aromatic rings. The molecule has 1 aliphatic rings. The van der Waals surface area contributed by atoms with E-state index < -0.39 is 15.6 Å². The number of nitrogens with zero attached hydrogens (tertiary/aromatic N) is 1. The third-order valence-corrected chi connectivity index (χ3v) is 6.15. The van der Waals surface area contributed by atoms with E-state index in [4.69, 9.17) is 0 Å². The number of rotatable bonds is 2. The number of hydrogen-bond donors (Lipinski definition) is 2. The van der Waals surface area contributed by atoms with Crippen LogP contribution in [0, 0.1) is 0 Å². The van der Waals surface area contributed by atoms with E-state index in [0.717, 1.165) is 15.4 Å². The summed E-state index contributed by atoms with van der Waals surface area (Å²) in [5, 5.41) is 10.9. The van der Waals surface area contributed by atoms with Crippen LogP contribution in [0.3, 0.4) is 0 Å². The van der Waals surface area contributed by atoms with Gasteiger partial charge in [-0.05, 0) is 41.4 Å². The highest BCUT2D eigenvalue weighted by Crippen LogP contribution is 2.30. The summed E-state index contributed by atoms with van der Waals surface area (Å²) in [5.41, 5.74) is -0.170. The first kappa shape index (κ1) is 14.1. The van der Waals surface area contributed by atoms with Crippen LogP contribution in [0.2, 0.25) is 0 Å². The smallest absolute Gasteiger partial charge is 0.243 e. The van der Waals surface area contributed by atoms with Gasteiger partial charge in [0.25, 0.3) is 0 Å². The molecular formula is C13H15BrN2O3S. The van der Waals surface area contributed by atoms with Crippen LogP contribution in [0.4, 0.5) is 0 Å². The standard InChI is InChI=1S/C13H15BrN2O3S/c1-13(17)4-5-16(8-13)20(18,19)9-2-3-10-11(14)7-15-12(10)6-9/h2-3,6-7,15,17H,4-5,8H2,1H3. The number of nitrogens with one attached hydrogen (secondary N) is 1. The highest BCUT2D eigenvalue weighted by atomic mass is 79.9. The van der Waals surface area contributed by atoms with Crippen molar-refractivity contribution in [2.45, 2.75) is 23.8 Å². The number of H-pyrrole nitrogens is 1. The summed E-state index contributed by atoms with van der Waals surface area (Å²) in [6, 6.07) is 5.00. The number of aromatic nitrogens is 1. The minimum atomic E-state index is -3.55. The van der Waals surface area contributed by atoms with Crippen LogP contribution in [0.1, 0.15) is 13.3 Å². The molecule has 0 spiro atoms. The Morgan fingerprint density at radius 3 is 2.85 bits per heavy atom. The second kappa shape index (κ2) is 4.56. The third-order valence-electron chi connectivity index (χ3n) is 3.66. The maximum atomic E-state index is 12.6. The molecule has 5 nitrogen and oxygen atoms in total. The zero-order valence-corrected chi connectivity index (χ0v) is 13.3. The van der Waals surface area contributed by atoms with Gasteiger partial charge in [-0.15, -0.1) is 0 Å². The van der Waals surface area contributed by atoms with Gasteiger partial charge in [-0.1, -0.05) is 6.07 Å². The average molecular weight is 359 g/mol. The number of fused-ring (bicyclic) bond motifs is 1. The Labute approximate surface area is 125 Å². The molecule has 1 fully saturated rings. The minimum Gasteiger partial charge on any atom is -0.389 e. The first-order chi connectivity index (χ1) is 9.29. The summed E-state index contributed by atoms with van der Waals surface area (Å²) in [7, 11) is -3.55. The van der Waals surface area contributed by atoms with E-state index in [1.54, 1.807) is 31.3 Å². The van der Waals surface area contributed by atoms with Gasteiger partial charge in [0.05, 0.1) is 10.5 Å². The van der Waals surface area contributed by atoms with Crippen LogP contribution >= 0.6 is 15.9 Å². The zero-order chi connectivity index (χ0) is 14.5. The van der Waals surface area contributed by atoms with Crippen molar-refractivity contribution in [3.63, 3.8) is 0 Å². The molecule has 2 N–H and O–H groups in total. The fraction of sp³-hybridized carbons (Fsp3) is 0.385. The molecule has 0 amide bonds. The van der Waals surface area contributed by atoms with Gasteiger partial charge < -0.3 is 10.1 Å². The summed E-state index contributed by atoms with van der Waals surface area (Å²) in [5.74, 6) is 0. The molecule has 1 aromatic carbocycles. The highest BCUT2D eigenvalue weighted by Gasteiger charge is 2.38. The quantitative estimate of drug-likeness (QED) is 0.862. The maximum absolute atomic E-state index is 12.6. The lowest BCUT2D eigenvalue weighted by Gasteiger charge is -2.19. The lowest BCUT2D eigenvalue weighted by molar-refractivity contribution is 0.0762. The van der Waals surface area contributed by atoms with Crippen molar-refractivity contribution in [2.24, 2.45) is 0 Å². The summed E-state index contributed by atoms with van der Waals surface area (Å²) in [4.78, 5) is 3.28. The molecule has 108 valence electrons. The van der Waals surface area contributed by atoms with E-state index in [1.807, 2.05) is 0 Å². The second-order valence-corrected chi connectivity index (χ2v) is 8.22. The third kappa shape index (κ3) is 2.28. The number of sulfonamides is 1. The van der Waals surface area contributed by atoms with Crippen molar-refractivity contribution >= 4 is 36.9 Å². The fourth-order valence-electron chi connectivity index (χ4n) is 2.49. The van der Waals surface area contributed by atoms with Crippen molar-refractivity contribution in [3.8, 4) is 0 Å². The number of aromatic amines is 1. The summed E-state index contributed by atoms with van der Waals surface area (Å²) >= 11 is 3.40. The van der Waals surface area contributed by atoms with Gasteiger partial charge in [0.1, 0.15) is 0 Å². The predicted molar refractivity (Wildman–Crippen MR) is 80.0 cm³/mol. The minimum absolute atomic E-state index is 0.141. The zero-order valence-electron chi connectivity index (χ0n) is 10.9. The van der Waals surface area contributed by atoms with Gasteiger partial charge in [-0.25, -0.2) is 8.42 Å². The Balaban J connectivity index is 2.01. The largest absolute Gasteiger partial charge is 0.389 e. The summed E-state index contributed by atoms with van der Waals surface area (Å²) < 4.78 is 27.4. The Morgan fingerprint density at radius 1 is 1.45 bits per heavy atom. The van der Waals surface area contributed by atoms with Crippen molar-refractivity contribution in [3.05, 3.63) is 28.9 Å². The normalized spacial score (nSPS) is 24.6. The number of aliphatic hydroxyl groups is 1. The van der Waals surface area contributed by atoms with Crippen LogP contribution in [0.15, 0.2) is 33.8 Å². The molecule has 0 saturated carbocycles. The van der Waals surface area contributed by atoms with Gasteiger partial charge in [-0.3, -0.25) is 0 Å². The Kier molecular flexibility index (Phi) is 3.20. The molecular weight excluding hydrogens is 344 g/mol. The van der Waals surface area contributed by atoms with E-state index in [0.29, 0.717) is 13.0 Å². The molecule has 0 radical (unpaired) electrons. The van der Waals surface area contributed by atoms with E-state index in [1.165, 1.54) is 4.31 Å². The number of β-amino-alcohol motifs (C(OH)–C–C–N with tert-alkyl or cyclic N) is 1. The molecule has 3 rings (SSSR count). The Hall–Kier alpha value is -0.890. The van der Waals surface area contributed by atoms with Crippen LogP contribution in [-0.4, -0.2) is 41.5 Å². The van der Waals surface area contributed by atoms with Crippen molar-refractivity contribution in [1.29, 1.82) is 0 Å². The molecule has 2 heterocycles. The summed E-state index contributed by atoms with van der Waals surface area (Å²) in [6.45, 7) is 2.15. The van der Waals surface area contributed by atoms with Gasteiger partial charge in [0.2, 0.25) is 10.0 Å². The lowest BCUT2D eigenvalue weighted by atomic mass is 10.1. The van der Waals surface area contributed by atoms with Gasteiger partial charge >= 0.3 is 0 Å². The highest BCUT2D eigenvalue weighted by molar-refractivity contribution is 9.10. The number of hydrogen-bond acceptors (Lipinski definition) is 3. The van der Waals surface area contributed by atoms with E-state index >= 15 is 0 Å². The molecule has 7 heteroatoms. The first-order valence-corrected chi connectivity index (χ1v) is 8.52. The molecule has 1 aliphatic heterocycles. The first-order valence-electron chi connectivity index (χ1n) is 6.29. The molecule has 0 aliphatic carbocycles. The second-order valence-electron chi connectivity index (χ2n) is 5.43. The van der Waals surface area contributed by atoms with Gasteiger partial charge in [-0.2, -0.15) is 4.31 Å². The van der Waals surface area contributed by atoms with Crippen molar-refractivity contribution < 1.29 is 13.5 Å². The van der Waals surface area contributed by atoms with Gasteiger partial charge in [0.15, 0.2) is 0 Å². The van der Waals surface area contributed by atoms with Crippen LogP contribution in [0.5, 0.6) is 0 Å². The Bertz CT molecular complexity index is 767. The maximum Gasteiger partial charge on any atom is 0.243 e. The number of halogens is 1. The molecule has 1 atom stereocenters.